The van der Waals surface area contributed by atoms with Crippen molar-refractivity contribution in [3.63, 3.8) is 0 Å². The van der Waals surface area contributed by atoms with Gasteiger partial charge >= 0.3 is 0 Å². The second-order valence-electron chi connectivity index (χ2n) is 12.3. The van der Waals surface area contributed by atoms with Crippen LogP contribution in [0.15, 0.2) is 200 Å². The Morgan fingerprint density at radius 1 is 0.300 bits per heavy atom. The van der Waals surface area contributed by atoms with Crippen LogP contribution in [0.2, 0.25) is 5.02 Å². The average Bonchev–Trinajstić information content (AvgIpc) is 3.20. The monoisotopic (exact) mass is 676 g/mol. The van der Waals surface area contributed by atoms with Crippen LogP contribution in [0.1, 0.15) is 0 Å². The van der Waals surface area contributed by atoms with Gasteiger partial charge in [0.25, 0.3) is 0 Å². The van der Waals surface area contributed by atoms with E-state index in [1.165, 1.54) is 20.7 Å². The Balaban J connectivity index is 1.44. The Labute approximate surface area is 299 Å². The third-order valence-corrected chi connectivity index (χ3v) is 14.3. The minimum absolute atomic E-state index is 0.723. The maximum Gasteiger partial charge on any atom is 0.179 e. The molecular weight excluding hydrogens is 644 g/mol. The highest BCUT2D eigenvalue weighted by atomic mass is 35.5. The molecule has 50 heavy (non-hydrogen) atoms. The Bertz CT molecular complexity index is 2310. The fourth-order valence-corrected chi connectivity index (χ4v) is 11.9. The van der Waals surface area contributed by atoms with E-state index in [4.69, 9.17) is 21.6 Å². The van der Waals surface area contributed by atoms with Crippen LogP contribution in [0.3, 0.4) is 0 Å². The molecule has 0 unspecified atom stereocenters. The number of rotatable bonds is 8. The van der Waals surface area contributed by atoms with Crippen LogP contribution in [0.25, 0.3) is 45.0 Å². The van der Waals surface area contributed by atoms with Gasteiger partial charge in [0, 0.05) is 27.3 Å². The van der Waals surface area contributed by atoms with Crippen molar-refractivity contribution in [1.29, 1.82) is 0 Å². The summed E-state index contributed by atoms with van der Waals surface area (Å²) in [6.07, 6.45) is 0. The van der Waals surface area contributed by atoms with Gasteiger partial charge in [-0.15, -0.1) is 0 Å². The first-order valence-electron chi connectivity index (χ1n) is 16.8. The van der Waals surface area contributed by atoms with Gasteiger partial charge in [0.05, 0.1) is 22.8 Å². The zero-order valence-corrected chi connectivity index (χ0v) is 29.1. The van der Waals surface area contributed by atoms with Crippen molar-refractivity contribution in [2.24, 2.45) is 0 Å². The molecule has 2 nitrogen and oxygen atoms in total. The molecule has 0 spiro atoms. The highest BCUT2D eigenvalue weighted by Crippen LogP contribution is 2.37. The number of benzene rings is 7. The predicted octanol–water partition coefficient (Wildman–Crippen LogP) is 9.18. The summed E-state index contributed by atoms with van der Waals surface area (Å²) >= 11 is 6.50. The Kier molecular flexibility index (Phi) is 8.75. The lowest BCUT2D eigenvalue weighted by atomic mass is 9.99. The van der Waals surface area contributed by atoms with Crippen LogP contribution < -0.4 is 20.7 Å². The minimum Gasteiger partial charge on any atom is -0.243 e. The summed E-state index contributed by atoms with van der Waals surface area (Å²) in [6.45, 7) is 0. The number of hydrogen-bond acceptors (Lipinski definition) is 2. The number of aromatic nitrogens is 2. The standard InChI is InChI=1S/C46H33ClN2Si/c47-38-29-31-41(32-30-38)50(39-24-12-4-13-25-39,40-26-14-5-15-27-40)42-28-16-23-37(33-42)46-45(36-21-10-3-11-22-36)48-43(34-17-6-1-7-18-34)44(49-46)35-19-8-2-9-20-35/h1-33H. The number of nitrogens with zero attached hydrogens (tertiary/aromatic N) is 2. The molecule has 0 saturated carbocycles. The van der Waals surface area contributed by atoms with Crippen molar-refractivity contribution in [2.45, 2.75) is 0 Å². The summed E-state index contributed by atoms with van der Waals surface area (Å²) in [5.41, 5.74) is 7.48. The second kappa shape index (κ2) is 13.9. The normalized spacial score (nSPS) is 11.3. The zero-order valence-electron chi connectivity index (χ0n) is 27.3. The van der Waals surface area contributed by atoms with Crippen LogP contribution in [-0.4, -0.2) is 18.0 Å². The molecule has 0 bridgehead atoms. The summed E-state index contributed by atoms with van der Waals surface area (Å²) in [6, 6.07) is 70.5. The summed E-state index contributed by atoms with van der Waals surface area (Å²) < 4.78 is 0. The molecule has 8 rings (SSSR count). The smallest absolute Gasteiger partial charge is 0.179 e. The van der Waals surface area contributed by atoms with Gasteiger partial charge in [0.15, 0.2) is 8.07 Å². The molecular formula is C46H33ClN2Si. The Morgan fingerprint density at radius 3 is 1.04 bits per heavy atom. The molecule has 0 aliphatic heterocycles. The lowest BCUT2D eigenvalue weighted by molar-refractivity contribution is 1.22. The summed E-state index contributed by atoms with van der Waals surface area (Å²) in [7, 11) is -2.83. The topological polar surface area (TPSA) is 25.8 Å². The van der Waals surface area contributed by atoms with E-state index in [1.807, 2.05) is 30.3 Å². The lowest BCUT2D eigenvalue weighted by Crippen LogP contribution is -2.74. The van der Waals surface area contributed by atoms with Gasteiger partial charge < -0.3 is 0 Å². The summed E-state index contributed by atoms with van der Waals surface area (Å²) in [5, 5.41) is 5.83. The Morgan fingerprint density at radius 2 is 0.620 bits per heavy atom. The highest BCUT2D eigenvalue weighted by molar-refractivity contribution is 7.19. The molecule has 1 heterocycles. The molecule has 0 aliphatic rings. The maximum atomic E-state index is 6.50. The van der Waals surface area contributed by atoms with E-state index >= 15 is 0 Å². The second-order valence-corrected chi connectivity index (χ2v) is 16.5. The van der Waals surface area contributed by atoms with E-state index in [2.05, 4.69) is 170 Å². The van der Waals surface area contributed by atoms with Crippen molar-refractivity contribution in [3.05, 3.63) is 205 Å². The van der Waals surface area contributed by atoms with E-state index in [-0.39, 0.29) is 0 Å². The van der Waals surface area contributed by atoms with E-state index in [9.17, 15) is 0 Å². The van der Waals surface area contributed by atoms with Gasteiger partial charge in [-0.25, -0.2) is 9.97 Å². The molecule has 4 heteroatoms. The average molecular weight is 677 g/mol. The van der Waals surface area contributed by atoms with Gasteiger partial charge in [0.2, 0.25) is 0 Å². The molecule has 0 saturated heterocycles. The third kappa shape index (κ3) is 5.88. The first-order valence-corrected chi connectivity index (χ1v) is 19.2. The van der Waals surface area contributed by atoms with E-state index < -0.39 is 8.07 Å². The molecule has 238 valence electrons. The summed E-state index contributed by atoms with van der Waals surface area (Å²) in [5.74, 6) is 0. The highest BCUT2D eigenvalue weighted by Gasteiger charge is 2.41. The quantitative estimate of drug-likeness (QED) is 0.119. The molecule has 0 atom stereocenters. The van der Waals surface area contributed by atoms with Gasteiger partial charge in [-0.2, -0.15) is 0 Å². The van der Waals surface area contributed by atoms with Crippen molar-refractivity contribution >= 4 is 40.4 Å². The zero-order chi connectivity index (χ0) is 33.8. The van der Waals surface area contributed by atoms with Crippen molar-refractivity contribution in [1.82, 2.24) is 9.97 Å². The third-order valence-electron chi connectivity index (χ3n) is 9.30. The van der Waals surface area contributed by atoms with Crippen molar-refractivity contribution in [2.75, 3.05) is 0 Å². The fraction of sp³-hybridized carbons (Fsp3) is 0. The SMILES string of the molecule is Clc1ccc([Si](c2ccccc2)(c2ccccc2)c2cccc(-c3nc(-c4ccccc4)c(-c4ccccc4)nc3-c3ccccc3)c2)cc1. The van der Waals surface area contributed by atoms with E-state index in [0.29, 0.717) is 0 Å². The maximum absolute atomic E-state index is 6.50. The Hall–Kier alpha value is -5.87. The van der Waals surface area contributed by atoms with Gasteiger partial charge in [-0.05, 0) is 32.9 Å². The van der Waals surface area contributed by atoms with Gasteiger partial charge in [0.1, 0.15) is 0 Å². The molecule has 1 aromatic heterocycles. The molecule has 0 aliphatic carbocycles. The number of halogens is 1. The molecule has 7 aromatic carbocycles. The van der Waals surface area contributed by atoms with Crippen LogP contribution in [0.5, 0.6) is 0 Å². The number of hydrogen-bond donors (Lipinski definition) is 0. The molecule has 8 aromatic rings. The van der Waals surface area contributed by atoms with Crippen LogP contribution in [-0.2, 0) is 0 Å². The molecule has 0 radical (unpaired) electrons. The summed E-state index contributed by atoms with van der Waals surface area (Å²) in [4.78, 5) is 11.0. The molecule has 0 fully saturated rings. The van der Waals surface area contributed by atoms with Crippen LogP contribution >= 0.6 is 11.6 Å². The van der Waals surface area contributed by atoms with E-state index in [0.717, 1.165) is 50.1 Å². The minimum atomic E-state index is -2.83. The van der Waals surface area contributed by atoms with Crippen LogP contribution in [0, 0.1) is 0 Å². The molecule has 0 amide bonds. The van der Waals surface area contributed by atoms with E-state index in [1.54, 1.807) is 0 Å². The lowest BCUT2D eigenvalue weighted by Gasteiger charge is -2.34. The van der Waals surface area contributed by atoms with Crippen molar-refractivity contribution < 1.29 is 0 Å². The fourth-order valence-electron chi connectivity index (χ4n) is 7.00. The first-order chi connectivity index (χ1) is 24.7. The largest absolute Gasteiger partial charge is 0.243 e. The van der Waals surface area contributed by atoms with Gasteiger partial charge in [-0.3, -0.25) is 0 Å². The first kappa shape index (κ1) is 31.4. The van der Waals surface area contributed by atoms with Crippen LogP contribution in [0.4, 0.5) is 0 Å². The molecule has 0 N–H and O–H groups in total. The van der Waals surface area contributed by atoms with Gasteiger partial charge in [-0.1, -0.05) is 200 Å². The predicted molar refractivity (Wildman–Crippen MR) is 212 cm³/mol. The van der Waals surface area contributed by atoms with Crippen molar-refractivity contribution in [3.8, 4) is 45.0 Å².